The number of aliphatic hydroxyl groups is 3. The highest BCUT2D eigenvalue weighted by Gasteiger charge is 2.30. The third-order valence-electron chi connectivity index (χ3n) is 11.6. The molecule has 1 aliphatic heterocycles. The van der Waals surface area contributed by atoms with Crippen molar-refractivity contribution < 1.29 is 15.3 Å². The van der Waals surface area contributed by atoms with E-state index < -0.39 is 5.41 Å². The number of aliphatic hydroxyl groups excluding tert-OH is 3. The molecule has 4 aromatic carbocycles. The molecule has 0 amide bonds. The zero-order valence-electron chi connectivity index (χ0n) is 32.8. The van der Waals surface area contributed by atoms with E-state index in [9.17, 15) is 15.3 Å². The lowest BCUT2D eigenvalue weighted by Crippen LogP contribution is -2.38. The third-order valence-corrected chi connectivity index (χ3v) is 11.6. The van der Waals surface area contributed by atoms with E-state index in [0.717, 1.165) is 88.7 Å². The average Bonchev–Trinajstić information content (AvgIpc) is 4.09. The number of hydrogen-bond donors (Lipinski definition) is 7. The van der Waals surface area contributed by atoms with Gasteiger partial charge in [-0.25, -0.2) is 0 Å². The molecule has 0 radical (unpaired) electrons. The highest BCUT2D eigenvalue weighted by atomic mass is 16.3. The summed E-state index contributed by atoms with van der Waals surface area (Å²) >= 11 is 0. The van der Waals surface area contributed by atoms with Crippen LogP contribution in [0.25, 0.3) is 22.3 Å². The minimum atomic E-state index is -1.15. The molecule has 9 rings (SSSR count). The molecule has 58 heavy (non-hydrogen) atoms. The standard InChI is InChI=1S/C51H46N4O3/c1-31-4-10-34(11-5-31)47-39-20-22-41(52-39)48(35-12-6-32(2)7-13-35)43-24-26-45(54-43)50(37-16-18-38(19-17-37)51(28-56,29-57)30-58)46-27-25-44(55-46)49(42-23-21-40(47)53-42)36-14-8-33(3)9-15-36/h4-27,52-58H,28-30H2,1-3H3. The molecule has 0 aliphatic carbocycles. The molecular weight excluding hydrogens is 717 g/mol. The van der Waals surface area contributed by atoms with E-state index in [4.69, 9.17) is 0 Å². The molecule has 7 nitrogen and oxygen atoms in total. The first-order valence-corrected chi connectivity index (χ1v) is 19.7. The quantitative estimate of drug-likeness (QED) is 0.112. The molecule has 4 aromatic heterocycles. The minimum Gasteiger partial charge on any atom is -0.395 e. The Labute approximate surface area is 336 Å². The van der Waals surface area contributed by atoms with E-state index in [2.05, 4.69) is 162 Å². The van der Waals surface area contributed by atoms with Crippen LogP contribution < -0.4 is 21.4 Å². The van der Waals surface area contributed by atoms with Gasteiger partial charge in [-0.05, 0) is 97.1 Å². The number of benzene rings is 4. The van der Waals surface area contributed by atoms with Gasteiger partial charge in [0.25, 0.3) is 0 Å². The Balaban J connectivity index is 1.39. The summed E-state index contributed by atoms with van der Waals surface area (Å²) in [6, 6.07) is 50.9. The van der Waals surface area contributed by atoms with Crippen molar-refractivity contribution in [2.45, 2.75) is 26.2 Å². The third kappa shape index (κ3) is 6.59. The average molecular weight is 763 g/mol. The maximum Gasteiger partial charge on any atom is 0.0645 e. The summed E-state index contributed by atoms with van der Waals surface area (Å²) in [6.07, 6.45) is 0. The van der Waals surface area contributed by atoms with Crippen molar-refractivity contribution in [3.8, 4) is 0 Å². The molecule has 5 heterocycles. The van der Waals surface area contributed by atoms with E-state index in [1.165, 1.54) is 16.7 Å². The molecule has 0 atom stereocenters. The van der Waals surface area contributed by atoms with Crippen LogP contribution in [-0.4, -0.2) is 55.1 Å². The summed E-state index contributed by atoms with van der Waals surface area (Å²) in [5, 5.41) is 34.4. The maximum absolute atomic E-state index is 10.2. The van der Waals surface area contributed by atoms with Crippen LogP contribution in [0.4, 0.5) is 0 Å². The smallest absolute Gasteiger partial charge is 0.0645 e. The van der Waals surface area contributed by atoms with Crippen molar-refractivity contribution in [1.29, 1.82) is 0 Å². The second kappa shape index (κ2) is 15.0. The van der Waals surface area contributed by atoms with Crippen molar-refractivity contribution in [1.82, 2.24) is 19.9 Å². The summed E-state index contributed by atoms with van der Waals surface area (Å²) in [6.45, 7) is 5.18. The number of aromatic amines is 4. The van der Waals surface area contributed by atoms with Gasteiger partial charge in [0.1, 0.15) is 0 Å². The summed E-state index contributed by atoms with van der Waals surface area (Å²) in [5.41, 5.74) is 15.2. The van der Waals surface area contributed by atoms with E-state index >= 15 is 0 Å². The molecule has 7 heteroatoms. The van der Waals surface area contributed by atoms with Gasteiger partial charge in [0.15, 0.2) is 0 Å². The van der Waals surface area contributed by atoms with Crippen molar-refractivity contribution >= 4 is 22.3 Å². The highest BCUT2D eigenvalue weighted by molar-refractivity contribution is 5.85. The molecular formula is C51H46N4O3. The van der Waals surface area contributed by atoms with Crippen LogP contribution in [0.1, 0.15) is 67.3 Å². The van der Waals surface area contributed by atoms with Gasteiger partial charge < -0.3 is 35.3 Å². The van der Waals surface area contributed by atoms with E-state index in [1.54, 1.807) is 0 Å². The van der Waals surface area contributed by atoms with Crippen LogP contribution >= 0.6 is 0 Å². The second-order valence-electron chi connectivity index (χ2n) is 15.6. The number of H-pyrrole nitrogens is 4. The molecule has 8 bridgehead atoms. The lowest BCUT2D eigenvalue weighted by atomic mass is 9.82. The number of nitrogens with one attached hydrogen (secondary N) is 4. The number of aryl methyl sites for hydroxylation is 3. The van der Waals surface area contributed by atoms with Gasteiger partial charge in [-0.15, -0.1) is 0 Å². The van der Waals surface area contributed by atoms with Crippen LogP contribution in [-0.2, 0) is 5.41 Å². The SMILES string of the molecule is Cc1ccc(C2=c3ccc([nH]3)=C(c3ccc(C)cc3)c3ccc([nH]3)C(c3ccc(C(CO)(CO)CO)cc3)=c3ccc([nH]3)=C(c3ccc(C)cc3)c3ccc2[nH]3)cc1. The zero-order valence-corrected chi connectivity index (χ0v) is 32.8. The Morgan fingerprint density at radius 1 is 0.328 bits per heavy atom. The normalized spacial score (nSPS) is 13.1. The number of hydrogen-bond acceptors (Lipinski definition) is 3. The fraction of sp³-hybridized carbons (Fsp3) is 0.137. The second-order valence-corrected chi connectivity index (χ2v) is 15.6. The van der Waals surface area contributed by atoms with E-state index in [-0.39, 0.29) is 19.8 Å². The Kier molecular flexibility index (Phi) is 9.58. The topological polar surface area (TPSA) is 124 Å². The number of aromatic nitrogens is 4. The summed E-state index contributed by atoms with van der Waals surface area (Å²) in [7, 11) is 0. The fourth-order valence-corrected chi connectivity index (χ4v) is 8.15. The first-order valence-electron chi connectivity index (χ1n) is 19.7. The van der Waals surface area contributed by atoms with Gasteiger partial charge in [0.05, 0.1) is 25.2 Å². The maximum atomic E-state index is 10.2. The first-order chi connectivity index (χ1) is 28.3. The number of rotatable bonds is 8. The molecule has 0 spiro atoms. The van der Waals surface area contributed by atoms with Gasteiger partial charge >= 0.3 is 0 Å². The molecule has 0 unspecified atom stereocenters. The highest BCUT2D eigenvalue weighted by Crippen LogP contribution is 2.30. The lowest BCUT2D eigenvalue weighted by Gasteiger charge is -2.28. The lowest BCUT2D eigenvalue weighted by molar-refractivity contribution is 0.0641. The summed E-state index contributed by atoms with van der Waals surface area (Å²) in [5.74, 6) is 0. The molecule has 7 N–H and O–H groups in total. The largest absolute Gasteiger partial charge is 0.395 e. The Hall–Kier alpha value is -6.64. The van der Waals surface area contributed by atoms with Crippen molar-refractivity contribution in [2.24, 2.45) is 0 Å². The Bertz CT molecular complexity index is 3000. The van der Waals surface area contributed by atoms with Crippen LogP contribution in [0.2, 0.25) is 0 Å². The van der Waals surface area contributed by atoms with Gasteiger partial charge in [0.2, 0.25) is 0 Å². The van der Waals surface area contributed by atoms with Crippen LogP contribution in [0.5, 0.6) is 0 Å². The van der Waals surface area contributed by atoms with E-state index in [1.807, 2.05) is 24.3 Å². The molecule has 8 aromatic rings. The zero-order chi connectivity index (χ0) is 40.0. The fourth-order valence-electron chi connectivity index (χ4n) is 8.15. The van der Waals surface area contributed by atoms with Crippen molar-refractivity contribution in [3.05, 3.63) is 234 Å². The predicted octanol–water partition coefficient (Wildman–Crippen LogP) is 5.44. The van der Waals surface area contributed by atoms with Gasteiger partial charge in [-0.1, -0.05) is 114 Å². The minimum absolute atomic E-state index is 0.379. The summed E-state index contributed by atoms with van der Waals surface area (Å²) in [4.78, 5) is 15.4. The van der Waals surface area contributed by atoms with Crippen LogP contribution in [0.3, 0.4) is 0 Å². The van der Waals surface area contributed by atoms with Gasteiger partial charge in [0, 0.05) is 66.5 Å². The van der Waals surface area contributed by atoms with Crippen molar-refractivity contribution in [2.75, 3.05) is 19.8 Å². The van der Waals surface area contributed by atoms with Crippen LogP contribution in [0.15, 0.2) is 146 Å². The Morgan fingerprint density at radius 3 is 0.845 bits per heavy atom. The van der Waals surface area contributed by atoms with Gasteiger partial charge in [-0.3, -0.25) is 0 Å². The molecule has 288 valence electrons. The van der Waals surface area contributed by atoms with Crippen molar-refractivity contribution in [3.63, 3.8) is 0 Å². The molecule has 0 saturated heterocycles. The molecule has 0 fully saturated rings. The van der Waals surface area contributed by atoms with E-state index in [0.29, 0.717) is 5.56 Å². The molecule has 1 aliphatic rings. The van der Waals surface area contributed by atoms with Gasteiger partial charge in [-0.2, -0.15) is 0 Å². The Morgan fingerprint density at radius 2 is 0.586 bits per heavy atom. The molecule has 0 saturated carbocycles. The first kappa shape index (κ1) is 37.0. The van der Waals surface area contributed by atoms with Crippen LogP contribution in [0, 0.1) is 20.8 Å². The number of fused-ring (bicyclic) bond motifs is 8. The summed E-state index contributed by atoms with van der Waals surface area (Å²) < 4.78 is 0. The predicted molar refractivity (Wildman–Crippen MR) is 231 cm³/mol. The monoisotopic (exact) mass is 762 g/mol.